The highest BCUT2D eigenvalue weighted by molar-refractivity contribution is 7.99. The third-order valence-corrected chi connectivity index (χ3v) is 5.43. The van der Waals surface area contributed by atoms with Crippen LogP contribution in [0.1, 0.15) is 11.1 Å². The second-order valence-electron chi connectivity index (χ2n) is 6.84. The number of halogens is 3. The molecule has 3 aromatic rings. The van der Waals surface area contributed by atoms with E-state index in [1.54, 1.807) is 24.3 Å². The van der Waals surface area contributed by atoms with E-state index in [9.17, 15) is 18.0 Å². The normalized spacial score (nSPS) is 12.3. The lowest BCUT2D eigenvalue weighted by atomic mass is 10.2. The molecule has 1 amide bonds. The molecule has 0 aliphatic heterocycles. The average molecular weight is 462 g/mol. The van der Waals surface area contributed by atoms with Crippen LogP contribution in [0, 0.1) is 0 Å². The predicted octanol–water partition coefficient (Wildman–Crippen LogP) is 4.69. The Hall–Kier alpha value is -3.01. The van der Waals surface area contributed by atoms with E-state index in [1.165, 1.54) is 12.1 Å². The van der Waals surface area contributed by atoms with Gasteiger partial charge in [-0.05, 0) is 42.0 Å². The van der Waals surface area contributed by atoms with Crippen LogP contribution in [-0.4, -0.2) is 23.7 Å². The molecule has 0 aliphatic carbocycles. The van der Waals surface area contributed by atoms with Crippen LogP contribution in [0.2, 0.25) is 0 Å². The van der Waals surface area contributed by atoms with E-state index in [1.807, 2.05) is 30.3 Å². The van der Waals surface area contributed by atoms with Gasteiger partial charge in [0, 0.05) is 15.5 Å². The lowest BCUT2D eigenvalue weighted by Crippen LogP contribution is -2.38. The molecule has 1 atom stereocenters. The first-order valence-corrected chi connectivity index (χ1v) is 10.4. The molecule has 32 heavy (non-hydrogen) atoms. The highest BCUT2D eigenvalue weighted by atomic mass is 32.2. The van der Waals surface area contributed by atoms with Crippen molar-refractivity contribution in [1.82, 2.24) is 0 Å². The zero-order chi connectivity index (χ0) is 23.1. The van der Waals surface area contributed by atoms with Gasteiger partial charge in [-0.15, -0.1) is 0 Å². The van der Waals surface area contributed by atoms with Gasteiger partial charge in [-0.3, -0.25) is 4.79 Å². The number of rotatable bonds is 8. The number of hydrogen-bond donors (Lipinski definition) is 3. The van der Waals surface area contributed by atoms with Crippen molar-refractivity contribution in [3.05, 3.63) is 83.9 Å². The third-order valence-electron chi connectivity index (χ3n) is 4.37. The van der Waals surface area contributed by atoms with Crippen molar-refractivity contribution in [2.45, 2.75) is 28.6 Å². The molecule has 4 N–H and O–H groups in total. The molecule has 0 spiro atoms. The van der Waals surface area contributed by atoms with Crippen LogP contribution in [0.4, 0.5) is 18.9 Å². The van der Waals surface area contributed by atoms with Crippen LogP contribution in [0.5, 0.6) is 5.75 Å². The van der Waals surface area contributed by atoms with Crippen LogP contribution in [0.15, 0.2) is 82.6 Å². The lowest BCUT2D eigenvalue weighted by molar-refractivity contribution is -0.139. The topological polar surface area (TPSA) is 84.6 Å². The Balaban J connectivity index is 1.78. The van der Waals surface area contributed by atoms with Crippen molar-refractivity contribution < 1.29 is 27.8 Å². The summed E-state index contributed by atoms with van der Waals surface area (Å²) in [5, 5.41) is 11.2. The van der Waals surface area contributed by atoms with Gasteiger partial charge in [0.25, 0.3) is 0 Å². The molecule has 0 heterocycles. The van der Waals surface area contributed by atoms with Crippen molar-refractivity contribution in [1.29, 1.82) is 0 Å². The van der Waals surface area contributed by atoms with Gasteiger partial charge in [0.05, 0.1) is 12.2 Å². The summed E-state index contributed by atoms with van der Waals surface area (Å²) in [5.74, 6) is -0.237. The van der Waals surface area contributed by atoms with Crippen LogP contribution in [0.3, 0.4) is 0 Å². The Morgan fingerprint density at radius 1 is 1.06 bits per heavy atom. The van der Waals surface area contributed by atoms with E-state index >= 15 is 0 Å². The summed E-state index contributed by atoms with van der Waals surface area (Å²) in [6.45, 7) is -0.276. The molecule has 3 rings (SSSR count). The summed E-state index contributed by atoms with van der Waals surface area (Å²) in [5.41, 5.74) is 5.42. The quantitative estimate of drug-likeness (QED) is 0.452. The number of nitrogens with one attached hydrogen (secondary N) is 1. The molecule has 0 fully saturated rings. The van der Waals surface area contributed by atoms with Crippen molar-refractivity contribution in [2.24, 2.45) is 5.73 Å². The molecule has 9 heteroatoms. The van der Waals surface area contributed by atoms with Gasteiger partial charge in [-0.25, -0.2) is 0 Å². The number of amides is 1. The minimum Gasteiger partial charge on any atom is -0.489 e. The monoisotopic (exact) mass is 462 g/mol. The number of ether oxygens (including phenoxy) is 1. The standard InChI is InChI=1S/C23H21F3N2O3S/c24-23(25,26)19-11-16(28-22(30)20(27)13-29)9-10-21(19)32-18-8-4-7-17(12-18)31-14-15-5-2-1-3-6-15/h1-12,20,29H,13-14,27H2,(H,28,30)/t20-/m0/s1. The fraction of sp³-hybridized carbons (Fsp3) is 0.174. The third kappa shape index (κ3) is 6.49. The van der Waals surface area contributed by atoms with E-state index in [0.717, 1.165) is 23.4 Å². The fourth-order valence-electron chi connectivity index (χ4n) is 2.73. The molecular formula is C23H21F3N2O3S. The van der Waals surface area contributed by atoms with Gasteiger partial charge in [0.2, 0.25) is 5.91 Å². The first-order valence-electron chi connectivity index (χ1n) is 9.59. The number of hydrogen-bond acceptors (Lipinski definition) is 5. The molecule has 0 radical (unpaired) electrons. The number of benzene rings is 3. The van der Waals surface area contributed by atoms with Crippen molar-refractivity contribution in [2.75, 3.05) is 11.9 Å². The molecular weight excluding hydrogens is 441 g/mol. The zero-order valence-corrected chi connectivity index (χ0v) is 17.6. The number of nitrogens with two attached hydrogens (primary N) is 1. The number of alkyl halides is 3. The van der Waals surface area contributed by atoms with E-state index < -0.39 is 30.3 Å². The summed E-state index contributed by atoms with van der Waals surface area (Å²) in [4.78, 5) is 12.3. The minimum absolute atomic E-state index is 0.0258. The summed E-state index contributed by atoms with van der Waals surface area (Å²) >= 11 is 0.938. The number of aliphatic hydroxyl groups is 1. The Kier molecular flexibility index (Phi) is 7.79. The van der Waals surface area contributed by atoms with E-state index in [4.69, 9.17) is 15.6 Å². The molecule has 0 saturated heterocycles. The predicted molar refractivity (Wildman–Crippen MR) is 116 cm³/mol. The Morgan fingerprint density at radius 2 is 1.81 bits per heavy atom. The maximum absolute atomic E-state index is 13.7. The largest absolute Gasteiger partial charge is 0.489 e. The molecule has 0 unspecified atom stereocenters. The summed E-state index contributed by atoms with van der Waals surface area (Å²) in [6.07, 6.45) is -4.64. The number of carbonyl (C=O) groups excluding carboxylic acids is 1. The maximum Gasteiger partial charge on any atom is 0.417 e. The van der Waals surface area contributed by atoms with Crippen LogP contribution < -0.4 is 15.8 Å². The van der Waals surface area contributed by atoms with Crippen LogP contribution >= 0.6 is 11.8 Å². The first-order chi connectivity index (χ1) is 15.3. The average Bonchev–Trinajstić information content (AvgIpc) is 2.78. The molecule has 0 bridgehead atoms. The van der Waals surface area contributed by atoms with Gasteiger partial charge >= 0.3 is 6.18 Å². The minimum atomic E-state index is -4.64. The van der Waals surface area contributed by atoms with E-state index in [0.29, 0.717) is 17.3 Å². The molecule has 168 valence electrons. The molecule has 0 aromatic heterocycles. The van der Waals surface area contributed by atoms with Crippen LogP contribution in [0.25, 0.3) is 0 Å². The van der Waals surface area contributed by atoms with E-state index in [2.05, 4.69) is 5.32 Å². The summed E-state index contributed by atoms with van der Waals surface area (Å²) < 4.78 is 46.7. The summed E-state index contributed by atoms with van der Waals surface area (Å²) in [6, 6.07) is 18.6. The van der Waals surface area contributed by atoms with Crippen LogP contribution in [-0.2, 0) is 17.6 Å². The molecule has 0 aliphatic rings. The second-order valence-corrected chi connectivity index (χ2v) is 7.95. The maximum atomic E-state index is 13.7. The van der Waals surface area contributed by atoms with Gasteiger partial charge < -0.3 is 20.9 Å². The van der Waals surface area contributed by atoms with Gasteiger partial charge in [0.15, 0.2) is 0 Å². The highest BCUT2D eigenvalue weighted by Crippen LogP contribution is 2.41. The number of aliphatic hydroxyl groups excluding tert-OH is 1. The highest BCUT2D eigenvalue weighted by Gasteiger charge is 2.34. The lowest BCUT2D eigenvalue weighted by Gasteiger charge is -2.16. The molecule has 0 saturated carbocycles. The molecule has 3 aromatic carbocycles. The van der Waals surface area contributed by atoms with Crippen molar-refractivity contribution >= 4 is 23.4 Å². The zero-order valence-electron chi connectivity index (χ0n) is 16.8. The SMILES string of the molecule is N[C@@H](CO)C(=O)Nc1ccc(Sc2cccc(OCc3ccccc3)c2)c(C(F)(F)F)c1. The fourth-order valence-corrected chi connectivity index (χ4v) is 3.73. The van der Waals surface area contributed by atoms with Gasteiger partial charge in [-0.1, -0.05) is 48.2 Å². The van der Waals surface area contributed by atoms with Crippen molar-refractivity contribution in [3.8, 4) is 5.75 Å². The Bertz CT molecular complexity index is 1060. The smallest absolute Gasteiger partial charge is 0.417 e. The first kappa shape index (κ1) is 23.6. The molecule has 5 nitrogen and oxygen atoms in total. The summed E-state index contributed by atoms with van der Waals surface area (Å²) in [7, 11) is 0. The number of carbonyl (C=O) groups is 1. The Morgan fingerprint density at radius 3 is 2.50 bits per heavy atom. The second kappa shape index (κ2) is 10.5. The number of anilines is 1. The van der Waals surface area contributed by atoms with Gasteiger partial charge in [0.1, 0.15) is 18.4 Å². The van der Waals surface area contributed by atoms with E-state index in [-0.39, 0.29) is 10.6 Å². The van der Waals surface area contributed by atoms with Crippen molar-refractivity contribution in [3.63, 3.8) is 0 Å². The Labute approximate surface area is 187 Å². The van der Waals surface area contributed by atoms with Gasteiger partial charge in [-0.2, -0.15) is 13.2 Å².